The molecule has 2 aromatic rings. The number of nitrogens with one attached hydrogen (secondary N) is 1. The number of nitrogens with zero attached hydrogens (tertiary/aromatic N) is 2. The molecule has 1 aromatic carbocycles. The predicted octanol–water partition coefficient (Wildman–Crippen LogP) is 3.41. The summed E-state index contributed by atoms with van der Waals surface area (Å²) in [5, 5.41) is 6.23. The van der Waals surface area contributed by atoms with Gasteiger partial charge in [-0.3, -0.25) is 0 Å². The van der Waals surface area contributed by atoms with Crippen molar-refractivity contribution < 1.29 is 0 Å². The van der Waals surface area contributed by atoms with E-state index in [2.05, 4.69) is 39.5 Å². The molecule has 2 fully saturated rings. The van der Waals surface area contributed by atoms with Crippen LogP contribution >= 0.6 is 0 Å². The molecule has 0 spiro atoms. The largest absolute Gasteiger partial charge is 0.382 e. The van der Waals surface area contributed by atoms with E-state index in [1.54, 1.807) is 0 Å². The highest BCUT2D eigenvalue weighted by Gasteiger charge is 2.22. The molecule has 0 amide bonds. The van der Waals surface area contributed by atoms with Crippen LogP contribution in [0.1, 0.15) is 25.7 Å². The lowest BCUT2D eigenvalue weighted by atomic mass is 10.1. The van der Waals surface area contributed by atoms with Crippen molar-refractivity contribution in [2.45, 2.75) is 31.7 Å². The second-order valence-corrected chi connectivity index (χ2v) is 5.65. The second kappa shape index (κ2) is 4.41. The minimum Gasteiger partial charge on any atom is -0.382 e. The lowest BCUT2D eigenvalue weighted by Crippen LogP contribution is -2.19. The Labute approximate surface area is 113 Å². The average molecular weight is 253 g/mol. The Balaban J connectivity index is 1.81. The lowest BCUT2D eigenvalue weighted by molar-refractivity contribution is 0.946. The van der Waals surface area contributed by atoms with E-state index in [-0.39, 0.29) is 0 Å². The van der Waals surface area contributed by atoms with Crippen molar-refractivity contribution in [2.75, 3.05) is 23.3 Å². The molecule has 2 heterocycles. The van der Waals surface area contributed by atoms with Crippen LogP contribution in [0.25, 0.3) is 10.8 Å². The predicted molar refractivity (Wildman–Crippen MR) is 79.8 cm³/mol. The third kappa shape index (κ3) is 2.03. The van der Waals surface area contributed by atoms with Crippen molar-refractivity contribution in [3.63, 3.8) is 0 Å². The fraction of sp³-hybridized carbons (Fsp3) is 0.438. The van der Waals surface area contributed by atoms with Gasteiger partial charge in [-0.2, -0.15) is 0 Å². The normalized spacial score (nSPS) is 19.1. The molecule has 1 saturated carbocycles. The zero-order valence-corrected chi connectivity index (χ0v) is 11.1. The number of aromatic nitrogens is 1. The van der Waals surface area contributed by atoms with Gasteiger partial charge in [-0.1, -0.05) is 12.1 Å². The second-order valence-electron chi connectivity index (χ2n) is 5.65. The van der Waals surface area contributed by atoms with Gasteiger partial charge in [-0.15, -0.1) is 0 Å². The number of hydrogen-bond acceptors (Lipinski definition) is 3. The third-order valence-corrected chi connectivity index (χ3v) is 4.13. The topological polar surface area (TPSA) is 28.2 Å². The molecule has 98 valence electrons. The highest BCUT2D eigenvalue weighted by Crippen LogP contribution is 2.33. The Morgan fingerprint density at radius 3 is 2.68 bits per heavy atom. The number of anilines is 2. The van der Waals surface area contributed by atoms with Crippen molar-refractivity contribution in [3.8, 4) is 0 Å². The fourth-order valence-electron chi connectivity index (χ4n) is 2.95. The number of pyridine rings is 1. The van der Waals surface area contributed by atoms with E-state index in [1.165, 1.54) is 42.1 Å². The zero-order chi connectivity index (χ0) is 12.7. The Morgan fingerprint density at radius 1 is 1.05 bits per heavy atom. The minimum absolute atomic E-state index is 0.689. The fourth-order valence-corrected chi connectivity index (χ4v) is 2.95. The van der Waals surface area contributed by atoms with Gasteiger partial charge in [0.2, 0.25) is 0 Å². The van der Waals surface area contributed by atoms with Gasteiger partial charge >= 0.3 is 0 Å². The van der Waals surface area contributed by atoms with E-state index in [0.29, 0.717) is 6.04 Å². The Morgan fingerprint density at radius 2 is 1.89 bits per heavy atom. The SMILES string of the molecule is c1cc(NC2CC2)c2ccnc(N3CCCC3)c2c1. The summed E-state index contributed by atoms with van der Waals surface area (Å²) in [4.78, 5) is 7.04. The number of benzene rings is 1. The summed E-state index contributed by atoms with van der Waals surface area (Å²) in [6.07, 6.45) is 7.14. The summed E-state index contributed by atoms with van der Waals surface area (Å²) in [5.74, 6) is 1.16. The summed E-state index contributed by atoms with van der Waals surface area (Å²) < 4.78 is 0. The van der Waals surface area contributed by atoms with E-state index in [1.807, 2.05) is 6.20 Å². The maximum atomic E-state index is 4.62. The first-order valence-corrected chi connectivity index (χ1v) is 7.31. The molecule has 0 bridgehead atoms. The highest BCUT2D eigenvalue weighted by molar-refractivity contribution is 6.00. The van der Waals surface area contributed by atoms with Crippen LogP contribution in [-0.4, -0.2) is 24.1 Å². The molecule has 3 heteroatoms. The molecule has 4 rings (SSSR count). The molecule has 1 aliphatic heterocycles. The maximum Gasteiger partial charge on any atom is 0.136 e. The summed E-state index contributed by atoms with van der Waals surface area (Å²) in [7, 11) is 0. The zero-order valence-electron chi connectivity index (χ0n) is 11.1. The minimum atomic E-state index is 0.689. The van der Waals surface area contributed by atoms with Crippen molar-refractivity contribution >= 4 is 22.3 Å². The summed E-state index contributed by atoms with van der Waals surface area (Å²) in [6.45, 7) is 2.29. The van der Waals surface area contributed by atoms with Crippen LogP contribution in [0.5, 0.6) is 0 Å². The molecule has 3 nitrogen and oxygen atoms in total. The van der Waals surface area contributed by atoms with Crippen LogP contribution in [0, 0.1) is 0 Å². The monoisotopic (exact) mass is 253 g/mol. The Kier molecular flexibility index (Phi) is 2.57. The van der Waals surface area contributed by atoms with Gasteiger partial charge < -0.3 is 10.2 Å². The average Bonchev–Trinajstić information content (AvgIpc) is 3.09. The lowest BCUT2D eigenvalue weighted by Gasteiger charge is -2.19. The van der Waals surface area contributed by atoms with E-state index in [4.69, 9.17) is 0 Å². The quantitative estimate of drug-likeness (QED) is 0.908. The number of hydrogen-bond donors (Lipinski definition) is 1. The summed E-state index contributed by atoms with van der Waals surface area (Å²) in [6, 6.07) is 9.37. The molecule has 19 heavy (non-hydrogen) atoms. The first kappa shape index (κ1) is 11.1. The molecule has 1 N–H and O–H groups in total. The van der Waals surface area contributed by atoms with Crippen LogP contribution < -0.4 is 10.2 Å². The van der Waals surface area contributed by atoms with Crippen molar-refractivity contribution in [3.05, 3.63) is 30.5 Å². The van der Waals surface area contributed by atoms with Gasteiger partial charge in [0.05, 0.1) is 0 Å². The van der Waals surface area contributed by atoms with Crippen molar-refractivity contribution in [1.29, 1.82) is 0 Å². The smallest absolute Gasteiger partial charge is 0.136 e. The Hall–Kier alpha value is -1.77. The van der Waals surface area contributed by atoms with Gasteiger partial charge in [0.25, 0.3) is 0 Å². The van der Waals surface area contributed by atoms with E-state index < -0.39 is 0 Å². The highest BCUT2D eigenvalue weighted by atomic mass is 15.2. The van der Waals surface area contributed by atoms with Gasteiger partial charge in [0, 0.05) is 41.8 Å². The van der Waals surface area contributed by atoms with Crippen molar-refractivity contribution in [2.24, 2.45) is 0 Å². The standard InChI is InChI=1S/C16H19N3/c1-2-11-19(10-1)16-14-4-3-5-15(18-12-6-7-12)13(14)8-9-17-16/h3-5,8-9,12,18H,1-2,6-7,10-11H2. The van der Waals surface area contributed by atoms with Crippen LogP contribution in [-0.2, 0) is 0 Å². The first-order chi connectivity index (χ1) is 9.42. The maximum absolute atomic E-state index is 4.62. The summed E-state index contributed by atoms with van der Waals surface area (Å²) in [5.41, 5.74) is 1.27. The number of fused-ring (bicyclic) bond motifs is 1. The molecule has 0 atom stereocenters. The van der Waals surface area contributed by atoms with E-state index in [0.717, 1.165) is 18.9 Å². The number of rotatable bonds is 3. The third-order valence-electron chi connectivity index (χ3n) is 4.13. The first-order valence-electron chi connectivity index (χ1n) is 7.31. The molecule has 0 radical (unpaired) electrons. The van der Waals surface area contributed by atoms with Gasteiger partial charge in [0.1, 0.15) is 5.82 Å². The van der Waals surface area contributed by atoms with Crippen LogP contribution in [0.2, 0.25) is 0 Å². The molecule has 1 aromatic heterocycles. The molecular formula is C16H19N3. The van der Waals surface area contributed by atoms with E-state index >= 15 is 0 Å². The summed E-state index contributed by atoms with van der Waals surface area (Å²) >= 11 is 0. The van der Waals surface area contributed by atoms with Crippen LogP contribution in [0.4, 0.5) is 11.5 Å². The molecular weight excluding hydrogens is 234 g/mol. The molecule has 1 saturated heterocycles. The van der Waals surface area contributed by atoms with Crippen LogP contribution in [0.3, 0.4) is 0 Å². The van der Waals surface area contributed by atoms with E-state index in [9.17, 15) is 0 Å². The van der Waals surface area contributed by atoms with Crippen LogP contribution in [0.15, 0.2) is 30.5 Å². The van der Waals surface area contributed by atoms with Gasteiger partial charge in [0.15, 0.2) is 0 Å². The van der Waals surface area contributed by atoms with Gasteiger partial charge in [-0.25, -0.2) is 4.98 Å². The Bertz CT molecular complexity index is 598. The van der Waals surface area contributed by atoms with Crippen molar-refractivity contribution in [1.82, 2.24) is 4.98 Å². The molecule has 1 aliphatic carbocycles. The molecule has 0 unspecified atom stereocenters. The molecule has 2 aliphatic rings. The van der Waals surface area contributed by atoms with Gasteiger partial charge in [-0.05, 0) is 37.8 Å².